The fourth-order valence-corrected chi connectivity index (χ4v) is 1.79. The normalized spacial score (nSPS) is 10.9. The largest absolute Gasteiger partial charge is 0.383 e. The van der Waals surface area contributed by atoms with Gasteiger partial charge in [0.15, 0.2) is 0 Å². The van der Waals surface area contributed by atoms with Gasteiger partial charge in [-0.1, -0.05) is 0 Å². The maximum Gasteiger partial charge on any atom is 0.135 e. The predicted molar refractivity (Wildman–Crippen MR) is 66.4 cm³/mol. The van der Waals surface area contributed by atoms with Gasteiger partial charge in [0.1, 0.15) is 5.82 Å². The lowest BCUT2D eigenvalue weighted by Gasteiger charge is -2.04. The molecule has 15 heavy (non-hydrogen) atoms. The summed E-state index contributed by atoms with van der Waals surface area (Å²) in [5.41, 5.74) is 7.99. The Morgan fingerprint density at radius 2 is 2.27 bits per heavy atom. The molecule has 0 aliphatic rings. The molecule has 6 heteroatoms. The first-order valence-electron chi connectivity index (χ1n) is 4.55. The van der Waals surface area contributed by atoms with Crippen LogP contribution in [0.25, 0.3) is 0 Å². The number of nitrogens with two attached hydrogens (primary N) is 1. The van der Waals surface area contributed by atoms with E-state index in [0.717, 1.165) is 15.0 Å². The van der Waals surface area contributed by atoms with Crippen LogP contribution in [0.3, 0.4) is 0 Å². The van der Waals surface area contributed by atoms with Gasteiger partial charge in [-0.05, 0) is 35.6 Å². The summed E-state index contributed by atoms with van der Waals surface area (Å²) in [6.07, 6.45) is 1.77. The van der Waals surface area contributed by atoms with Crippen molar-refractivity contribution in [1.82, 2.24) is 19.6 Å². The average Bonchev–Trinajstić information content (AvgIpc) is 2.69. The molecule has 0 aliphatic heterocycles. The molecule has 0 atom stereocenters. The van der Waals surface area contributed by atoms with Crippen molar-refractivity contribution in [3.8, 4) is 0 Å². The second-order valence-electron chi connectivity index (χ2n) is 3.39. The zero-order valence-electron chi connectivity index (χ0n) is 8.61. The van der Waals surface area contributed by atoms with Gasteiger partial charge < -0.3 is 5.73 Å². The third-order valence-electron chi connectivity index (χ3n) is 2.33. The lowest BCUT2D eigenvalue weighted by atomic mass is 10.4. The lowest BCUT2D eigenvalue weighted by Crippen LogP contribution is -2.09. The fourth-order valence-electron chi connectivity index (χ4n) is 1.41. The standard InChI is InChI=1S/C9H12IN5/c1-6-8(10)9(11)15(13-6)5-7-3-4-12-14(7)2/h3-4H,5,11H2,1-2H3. The number of anilines is 1. The SMILES string of the molecule is Cc1nn(Cc2ccnn2C)c(N)c1I. The first-order chi connectivity index (χ1) is 7.09. The predicted octanol–water partition coefficient (Wildman–Crippen LogP) is 1.16. The van der Waals surface area contributed by atoms with E-state index in [9.17, 15) is 0 Å². The Kier molecular flexibility index (Phi) is 2.68. The second-order valence-corrected chi connectivity index (χ2v) is 4.47. The van der Waals surface area contributed by atoms with E-state index in [4.69, 9.17) is 5.73 Å². The third-order valence-corrected chi connectivity index (χ3v) is 3.66. The summed E-state index contributed by atoms with van der Waals surface area (Å²) >= 11 is 2.21. The van der Waals surface area contributed by atoms with E-state index in [0.29, 0.717) is 12.4 Å². The van der Waals surface area contributed by atoms with Crippen LogP contribution in [-0.2, 0) is 13.6 Å². The molecule has 0 aromatic carbocycles. The van der Waals surface area contributed by atoms with Crippen molar-refractivity contribution in [3.63, 3.8) is 0 Å². The maximum absolute atomic E-state index is 5.93. The minimum Gasteiger partial charge on any atom is -0.383 e. The monoisotopic (exact) mass is 317 g/mol. The number of nitrogen functional groups attached to an aromatic ring is 1. The van der Waals surface area contributed by atoms with Gasteiger partial charge in [-0.3, -0.25) is 4.68 Å². The molecule has 0 saturated carbocycles. The van der Waals surface area contributed by atoms with E-state index in [1.807, 2.05) is 24.7 Å². The highest BCUT2D eigenvalue weighted by Crippen LogP contribution is 2.19. The molecule has 0 saturated heterocycles. The molecule has 2 aromatic heterocycles. The molecule has 0 bridgehead atoms. The molecular weight excluding hydrogens is 305 g/mol. The number of hydrogen-bond donors (Lipinski definition) is 1. The van der Waals surface area contributed by atoms with Crippen LogP contribution in [0.5, 0.6) is 0 Å². The van der Waals surface area contributed by atoms with Crippen LogP contribution in [-0.4, -0.2) is 19.6 Å². The average molecular weight is 317 g/mol. The first kappa shape index (κ1) is 10.5. The van der Waals surface area contributed by atoms with Crippen LogP contribution >= 0.6 is 22.6 Å². The van der Waals surface area contributed by atoms with E-state index in [-0.39, 0.29) is 0 Å². The second kappa shape index (κ2) is 3.84. The Morgan fingerprint density at radius 1 is 1.53 bits per heavy atom. The number of halogens is 1. The van der Waals surface area contributed by atoms with Crippen LogP contribution in [0, 0.1) is 10.5 Å². The van der Waals surface area contributed by atoms with Gasteiger partial charge in [0.05, 0.1) is 21.5 Å². The first-order valence-corrected chi connectivity index (χ1v) is 5.62. The van der Waals surface area contributed by atoms with Gasteiger partial charge in [-0.25, -0.2) is 4.68 Å². The summed E-state index contributed by atoms with van der Waals surface area (Å²) in [6, 6.07) is 1.96. The van der Waals surface area contributed by atoms with Crippen LogP contribution in [0.1, 0.15) is 11.4 Å². The maximum atomic E-state index is 5.93. The van der Waals surface area contributed by atoms with E-state index in [2.05, 4.69) is 32.8 Å². The number of aromatic nitrogens is 4. The van der Waals surface area contributed by atoms with Crippen molar-refractivity contribution >= 4 is 28.4 Å². The van der Waals surface area contributed by atoms with Gasteiger partial charge in [0.25, 0.3) is 0 Å². The van der Waals surface area contributed by atoms with Crippen LogP contribution in [0.15, 0.2) is 12.3 Å². The summed E-state index contributed by atoms with van der Waals surface area (Å²) < 4.78 is 4.65. The molecule has 0 amide bonds. The van der Waals surface area contributed by atoms with Crippen molar-refractivity contribution in [2.24, 2.45) is 7.05 Å². The van der Waals surface area contributed by atoms with Gasteiger partial charge in [0.2, 0.25) is 0 Å². The molecule has 0 fully saturated rings. The molecule has 0 radical (unpaired) electrons. The molecule has 2 rings (SSSR count). The number of rotatable bonds is 2. The number of aryl methyl sites for hydroxylation is 2. The summed E-state index contributed by atoms with van der Waals surface area (Å²) in [6.45, 7) is 2.62. The molecule has 80 valence electrons. The van der Waals surface area contributed by atoms with E-state index < -0.39 is 0 Å². The molecule has 2 aromatic rings. The van der Waals surface area contributed by atoms with Crippen molar-refractivity contribution in [1.29, 1.82) is 0 Å². The Labute approximate surface area is 101 Å². The molecular formula is C9H12IN5. The number of nitrogens with zero attached hydrogens (tertiary/aromatic N) is 4. The minimum atomic E-state index is 0.659. The summed E-state index contributed by atoms with van der Waals surface area (Å²) in [7, 11) is 1.91. The highest BCUT2D eigenvalue weighted by atomic mass is 127. The third kappa shape index (κ3) is 1.85. The Hall–Kier alpha value is -1.05. The van der Waals surface area contributed by atoms with E-state index in [1.165, 1.54) is 0 Å². The highest BCUT2D eigenvalue weighted by molar-refractivity contribution is 14.1. The number of hydrogen-bond acceptors (Lipinski definition) is 3. The minimum absolute atomic E-state index is 0.659. The zero-order valence-corrected chi connectivity index (χ0v) is 10.8. The Morgan fingerprint density at radius 3 is 2.73 bits per heavy atom. The quantitative estimate of drug-likeness (QED) is 0.846. The molecule has 5 nitrogen and oxygen atoms in total. The smallest absolute Gasteiger partial charge is 0.135 e. The zero-order chi connectivity index (χ0) is 11.0. The van der Waals surface area contributed by atoms with Crippen molar-refractivity contribution in [3.05, 3.63) is 27.2 Å². The van der Waals surface area contributed by atoms with Crippen molar-refractivity contribution < 1.29 is 0 Å². The van der Waals surface area contributed by atoms with E-state index in [1.54, 1.807) is 10.9 Å². The molecule has 0 unspecified atom stereocenters. The topological polar surface area (TPSA) is 61.7 Å². The fraction of sp³-hybridized carbons (Fsp3) is 0.333. The molecule has 0 spiro atoms. The summed E-state index contributed by atoms with van der Waals surface area (Å²) in [5.74, 6) is 0.717. The lowest BCUT2D eigenvalue weighted by molar-refractivity contribution is 0.622. The van der Waals surface area contributed by atoms with Crippen LogP contribution in [0.4, 0.5) is 5.82 Å². The Bertz CT molecular complexity index is 485. The van der Waals surface area contributed by atoms with Gasteiger partial charge in [0, 0.05) is 13.2 Å². The van der Waals surface area contributed by atoms with Crippen LogP contribution < -0.4 is 5.73 Å². The molecule has 2 N–H and O–H groups in total. The van der Waals surface area contributed by atoms with Crippen LogP contribution in [0.2, 0.25) is 0 Å². The van der Waals surface area contributed by atoms with Crippen molar-refractivity contribution in [2.75, 3.05) is 5.73 Å². The Balaban J connectivity index is 2.33. The van der Waals surface area contributed by atoms with Gasteiger partial charge in [-0.2, -0.15) is 10.2 Å². The molecule has 0 aliphatic carbocycles. The van der Waals surface area contributed by atoms with Gasteiger partial charge >= 0.3 is 0 Å². The summed E-state index contributed by atoms with van der Waals surface area (Å²) in [5, 5.41) is 8.47. The summed E-state index contributed by atoms with van der Waals surface area (Å²) in [4.78, 5) is 0. The van der Waals surface area contributed by atoms with Gasteiger partial charge in [-0.15, -0.1) is 0 Å². The van der Waals surface area contributed by atoms with Crippen molar-refractivity contribution in [2.45, 2.75) is 13.5 Å². The van der Waals surface area contributed by atoms with E-state index >= 15 is 0 Å². The highest BCUT2D eigenvalue weighted by Gasteiger charge is 2.10. The molecule has 2 heterocycles.